The third-order valence-corrected chi connectivity index (χ3v) is 6.15. The maximum atomic E-state index is 13.7. The number of amides is 2. The molecule has 1 fully saturated rings. The highest BCUT2D eigenvalue weighted by Gasteiger charge is 2.27. The van der Waals surface area contributed by atoms with Crippen LogP contribution in [0.25, 0.3) is 11.6 Å². The van der Waals surface area contributed by atoms with Crippen molar-refractivity contribution in [1.29, 1.82) is 0 Å². The van der Waals surface area contributed by atoms with E-state index in [2.05, 4.69) is 15.2 Å². The lowest BCUT2D eigenvalue weighted by Gasteiger charge is -2.30. The van der Waals surface area contributed by atoms with Crippen LogP contribution in [-0.2, 0) is 9.53 Å². The molecule has 1 aromatic carbocycles. The maximum Gasteiger partial charge on any atom is 0.256 e. The zero-order valence-corrected chi connectivity index (χ0v) is 19.1. The molecule has 0 spiro atoms. The second-order valence-electron chi connectivity index (χ2n) is 8.62. The monoisotopic (exact) mass is 456 g/mol. The zero-order valence-electron chi connectivity index (χ0n) is 19.1. The number of hydrogen-bond donors (Lipinski definition) is 3. The Hall–Kier alpha value is -3.01. The predicted octanol–water partition coefficient (Wildman–Crippen LogP) is 2.03. The first-order valence-corrected chi connectivity index (χ1v) is 11.0. The van der Waals surface area contributed by atoms with Gasteiger partial charge in [-0.15, -0.1) is 0 Å². The number of nitrogens with zero attached hydrogens (tertiary/aromatic N) is 2. The minimum absolute atomic E-state index is 0.200. The molecule has 0 aliphatic carbocycles. The average Bonchev–Trinajstić information content (AvgIpc) is 3.23. The number of nitrogens with one attached hydrogen (secondary N) is 2. The summed E-state index contributed by atoms with van der Waals surface area (Å²) in [7, 11) is 1.67. The Balaban J connectivity index is 1.52. The first kappa shape index (κ1) is 23.2. The molecular weight excluding hydrogens is 427 g/mol. The van der Waals surface area contributed by atoms with Crippen molar-refractivity contribution in [3.8, 4) is 0 Å². The van der Waals surface area contributed by atoms with E-state index >= 15 is 0 Å². The van der Waals surface area contributed by atoms with Gasteiger partial charge in [-0.25, -0.2) is 4.39 Å². The molecule has 1 atom stereocenters. The van der Waals surface area contributed by atoms with Crippen LogP contribution in [-0.4, -0.2) is 84.2 Å². The fourth-order valence-electron chi connectivity index (χ4n) is 4.42. The van der Waals surface area contributed by atoms with Gasteiger partial charge < -0.3 is 25.0 Å². The number of β-amino-alcohol motifs (C(OH)–C–C–N with tert-alkyl or cyclic N) is 1. The van der Waals surface area contributed by atoms with Crippen molar-refractivity contribution >= 4 is 29.2 Å². The number of morpholine rings is 1. The lowest BCUT2D eigenvalue weighted by Crippen LogP contribution is -2.45. The number of aromatic amines is 1. The van der Waals surface area contributed by atoms with E-state index in [0.29, 0.717) is 59.1 Å². The van der Waals surface area contributed by atoms with E-state index in [9.17, 15) is 19.1 Å². The van der Waals surface area contributed by atoms with Gasteiger partial charge in [0.25, 0.3) is 11.8 Å². The van der Waals surface area contributed by atoms with Crippen LogP contribution in [0.3, 0.4) is 0 Å². The number of ether oxygens (including phenoxy) is 1. The number of aryl methyl sites for hydroxylation is 1. The number of aliphatic hydroxyl groups is 1. The molecule has 176 valence electrons. The summed E-state index contributed by atoms with van der Waals surface area (Å²) < 4.78 is 19.1. The Kier molecular flexibility index (Phi) is 6.64. The van der Waals surface area contributed by atoms with Gasteiger partial charge >= 0.3 is 0 Å². The van der Waals surface area contributed by atoms with Crippen molar-refractivity contribution in [3.05, 3.63) is 52.1 Å². The van der Waals surface area contributed by atoms with Crippen LogP contribution >= 0.6 is 0 Å². The number of halogens is 1. The van der Waals surface area contributed by atoms with Crippen LogP contribution in [0.4, 0.5) is 10.1 Å². The molecular formula is C24H29FN4O4. The number of H-pyrrole nitrogens is 1. The molecule has 1 saturated heterocycles. The van der Waals surface area contributed by atoms with E-state index in [4.69, 9.17) is 4.74 Å². The number of hydrogen-bond acceptors (Lipinski definition) is 5. The van der Waals surface area contributed by atoms with Crippen molar-refractivity contribution in [2.45, 2.75) is 20.0 Å². The van der Waals surface area contributed by atoms with Gasteiger partial charge in [-0.1, -0.05) is 0 Å². The van der Waals surface area contributed by atoms with Crippen molar-refractivity contribution in [3.63, 3.8) is 0 Å². The van der Waals surface area contributed by atoms with Crippen LogP contribution in [0.15, 0.2) is 18.2 Å². The molecule has 1 aromatic heterocycles. The Morgan fingerprint density at radius 3 is 2.79 bits per heavy atom. The van der Waals surface area contributed by atoms with Crippen LogP contribution in [0, 0.1) is 19.7 Å². The fourth-order valence-corrected chi connectivity index (χ4v) is 4.42. The Labute approximate surface area is 192 Å². The number of likely N-dealkylation sites (N-methyl/N-ethyl adjacent to an activating group) is 1. The van der Waals surface area contributed by atoms with E-state index < -0.39 is 11.9 Å². The highest BCUT2D eigenvalue weighted by molar-refractivity contribution is 6.34. The molecule has 2 aliphatic heterocycles. The summed E-state index contributed by atoms with van der Waals surface area (Å²) in [6.07, 6.45) is 0.972. The number of benzene rings is 1. The fraction of sp³-hybridized carbons (Fsp3) is 0.417. The molecule has 0 radical (unpaired) electrons. The average molecular weight is 457 g/mol. The third kappa shape index (κ3) is 4.85. The topological polar surface area (TPSA) is 97.9 Å². The summed E-state index contributed by atoms with van der Waals surface area (Å²) >= 11 is 0. The summed E-state index contributed by atoms with van der Waals surface area (Å²) in [4.78, 5) is 32.4. The first-order chi connectivity index (χ1) is 15.7. The SMILES string of the molecule is Cc1[nH]c(/C=C2\C(=O)Nc3ccc(F)cc32)c(C)c1C(=O)N(C)C[C@H](O)CN1CCOCC1. The minimum Gasteiger partial charge on any atom is -0.390 e. The van der Waals surface area contributed by atoms with Gasteiger partial charge in [-0.2, -0.15) is 0 Å². The molecule has 0 unspecified atom stereocenters. The molecule has 0 bridgehead atoms. The van der Waals surface area contributed by atoms with Gasteiger partial charge in [-0.05, 0) is 43.7 Å². The molecule has 3 heterocycles. The van der Waals surface area contributed by atoms with Crippen LogP contribution in [0.5, 0.6) is 0 Å². The van der Waals surface area contributed by atoms with E-state index in [-0.39, 0.29) is 18.4 Å². The second kappa shape index (κ2) is 9.46. The molecule has 4 rings (SSSR count). The molecule has 9 heteroatoms. The van der Waals surface area contributed by atoms with Crippen molar-refractivity contribution < 1.29 is 23.8 Å². The highest BCUT2D eigenvalue weighted by atomic mass is 19.1. The van der Waals surface area contributed by atoms with Crippen molar-refractivity contribution in [2.24, 2.45) is 0 Å². The number of anilines is 1. The summed E-state index contributed by atoms with van der Waals surface area (Å²) in [5, 5.41) is 13.2. The lowest BCUT2D eigenvalue weighted by atomic mass is 10.0. The van der Waals surface area contributed by atoms with Gasteiger partial charge in [0.15, 0.2) is 0 Å². The van der Waals surface area contributed by atoms with Crippen molar-refractivity contribution in [2.75, 3.05) is 51.8 Å². The molecule has 8 nitrogen and oxygen atoms in total. The standard InChI is InChI=1S/C24H29FN4O4/c1-14-21(11-19-18-10-16(25)4-5-20(18)27-23(19)31)26-15(2)22(14)24(32)28(3)12-17(30)13-29-6-8-33-9-7-29/h4-5,10-11,17,26,30H,6-9,12-13H2,1-3H3,(H,27,31)/b19-11-/t17-/m0/s1. The molecule has 2 aromatic rings. The van der Waals surface area contributed by atoms with E-state index in [1.54, 1.807) is 27.0 Å². The van der Waals surface area contributed by atoms with Gasteiger partial charge in [0.2, 0.25) is 0 Å². The number of aromatic nitrogens is 1. The predicted molar refractivity (Wildman–Crippen MR) is 123 cm³/mol. The molecule has 2 aliphatic rings. The van der Waals surface area contributed by atoms with Crippen LogP contribution in [0.2, 0.25) is 0 Å². The molecule has 2 amide bonds. The molecule has 3 N–H and O–H groups in total. The van der Waals surface area contributed by atoms with E-state index in [0.717, 1.165) is 13.1 Å². The highest BCUT2D eigenvalue weighted by Crippen LogP contribution is 2.34. The largest absolute Gasteiger partial charge is 0.390 e. The van der Waals surface area contributed by atoms with Gasteiger partial charge in [0.1, 0.15) is 5.82 Å². The first-order valence-electron chi connectivity index (χ1n) is 11.0. The number of rotatable bonds is 6. The number of fused-ring (bicyclic) bond motifs is 1. The van der Waals surface area contributed by atoms with Crippen LogP contribution in [0.1, 0.15) is 32.9 Å². The summed E-state index contributed by atoms with van der Waals surface area (Å²) in [5.41, 5.74) is 3.85. The maximum absolute atomic E-state index is 13.7. The normalized spacial score (nSPS) is 18.3. The van der Waals surface area contributed by atoms with Crippen LogP contribution < -0.4 is 5.32 Å². The van der Waals surface area contributed by atoms with Crippen molar-refractivity contribution in [1.82, 2.24) is 14.8 Å². The second-order valence-corrected chi connectivity index (χ2v) is 8.62. The van der Waals surface area contributed by atoms with Gasteiger partial charge in [-0.3, -0.25) is 14.5 Å². The van der Waals surface area contributed by atoms with Gasteiger partial charge in [0.05, 0.1) is 30.5 Å². The Morgan fingerprint density at radius 1 is 1.33 bits per heavy atom. The lowest BCUT2D eigenvalue weighted by molar-refractivity contribution is -0.110. The van der Waals surface area contributed by atoms with Gasteiger partial charge in [0, 0.05) is 55.9 Å². The van der Waals surface area contributed by atoms with E-state index in [1.807, 2.05) is 0 Å². The number of carbonyl (C=O) groups excluding carboxylic acids is 2. The number of aliphatic hydroxyl groups excluding tert-OH is 1. The minimum atomic E-state index is -0.674. The zero-order chi connectivity index (χ0) is 23.7. The Bertz CT molecular complexity index is 1100. The molecule has 33 heavy (non-hydrogen) atoms. The quantitative estimate of drug-likeness (QED) is 0.578. The Morgan fingerprint density at radius 2 is 2.06 bits per heavy atom. The molecule has 0 saturated carbocycles. The number of carbonyl (C=O) groups is 2. The third-order valence-electron chi connectivity index (χ3n) is 6.15. The van der Waals surface area contributed by atoms with E-state index in [1.165, 1.54) is 23.1 Å². The summed E-state index contributed by atoms with van der Waals surface area (Å²) in [6, 6.07) is 4.15. The summed E-state index contributed by atoms with van der Waals surface area (Å²) in [6.45, 7) is 7.11. The summed E-state index contributed by atoms with van der Waals surface area (Å²) in [5.74, 6) is -0.962. The smallest absolute Gasteiger partial charge is 0.256 e.